The van der Waals surface area contributed by atoms with Gasteiger partial charge in [0, 0.05) is 36.2 Å². The number of nitrogens with one attached hydrogen (secondary N) is 1. The van der Waals surface area contributed by atoms with Crippen LogP contribution in [0.1, 0.15) is 11.1 Å². The summed E-state index contributed by atoms with van der Waals surface area (Å²) in [7, 11) is 2.97. The highest BCUT2D eigenvalue weighted by molar-refractivity contribution is 6.31. The third-order valence-corrected chi connectivity index (χ3v) is 5.69. The smallest absolute Gasteiger partial charge is 0.331 e. The lowest BCUT2D eigenvalue weighted by atomic mass is 10.2. The molecule has 2 heterocycles. The highest BCUT2D eigenvalue weighted by Crippen LogP contribution is 2.24. The molecule has 160 valence electrons. The van der Waals surface area contributed by atoms with Gasteiger partial charge in [0.25, 0.3) is 5.56 Å². The minimum Gasteiger partial charge on any atom is -0.363 e. The van der Waals surface area contributed by atoms with Crippen LogP contribution in [-0.4, -0.2) is 18.9 Å². The number of benzene rings is 2. The number of aromatic nitrogens is 4. The normalized spacial score (nSPS) is 11.3. The molecule has 0 spiro atoms. The lowest BCUT2D eigenvalue weighted by Crippen LogP contribution is -2.37. The van der Waals surface area contributed by atoms with Gasteiger partial charge in [-0.3, -0.25) is 18.6 Å². The van der Waals surface area contributed by atoms with Gasteiger partial charge in [0.2, 0.25) is 0 Å². The zero-order chi connectivity index (χ0) is 22.3. The molecule has 0 aliphatic heterocycles. The third-order valence-electron chi connectivity index (χ3n) is 5.08. The molecule has 2 aromatic carbocycles. The van der Waals surface area contributed by atoms with Crippen molar-refractivity contribution in [2.45, 2.75) is 13.1 Å². The second kappa shape index (κ2) is 8.20. The summed E-state index contributed by atoms with van der Waals surface area (Å²) in [6.45, 7) is 0.311. The second-order valence-corrected chi connectivity index (χ2v) is 7.93. The molecule has 1 N–H and O–H groups in total. The highest BCUT2D eigenvalue weighted by Gasteiger charge is 2.20. The Morgan fingerprint density at radius 2 is 1.71 bits per heavy atom. The first-order valence-electron chi connectivity index (χ1n) is 9.35. The number of rotatable bonds is 5. The fourth-order valence-electron chi connectivity index (χ4n) is 3.42. The Hall–Kier alpha value is -3.10. The van der Waals surface area contributed by atoms with Crippen molar-refractivity contribution in [3.05, 3.63) is 90.3 Å². The first-order chi connectivity index (χ1) is 14.8. The first kappa shape index (κ1) is 21.1. The molecule has 0 aliphatic rings. The van der Waals surface area contributed by atoms with Crippen LogP contribution in [0.15, 0.2) is 52.1 Å². The quantitative estimate of drug-likeness (QED) is 0.493. The van der Waals surface area contributed by atoms with E-state index in [0.717, 1.165) is 10.1 Å². The summed E-state index contributed by atoms with van der Waals surface area (Å²) in [5, 5.41) is 8.41. The minimum atomic E-state index is -0.490. The number of nitrogens with zero attached hydrogens (tertiary/aromatic N) is 4. The van der Waals surface area contributed by atoms with Gasteiger partial charge in [-0.15, -0.1) is 0 Å². The maximum absolute atomic E-state index is 14.2. The number of fused-ring (bicyclic) bond motifs is 1. The van der Waals surface area contributed by atoms with Crippen LogP contribution in [0.4, 0.5) is 10.2 Å². The van der Waals surface area contributed by atoms with E-state index in [2.05, 4.69) is 10.4 Å². The maximum Gasteiger partial charge on any atom is 0.331 e. The molecule has 4 aromatic rings. The van der Waals surface area contributed by atoms with Crippen LogP contribution in [-0.2, 0) is 27.2 Å². The number of hydrogen-bond acceptors (Lipinski definition) is 4. The van der Waals surface area contributed by atoms with Crippen molar-refractivity contribution in [1.29, 1.82) is 0 Å². The predicted octanol–water partition coefficient (Wildman–Crippen LogP) is 3.54. The van der Waals surface area contributed by atoms with Gasteiger partial charge >= 0.3 is 5.69 Å². The summed E-state index contributed by atoms with van der Waals surface area (Å²) >= 11 is 12.1. The minimum absolute atomic E-state index is 0.0297. The molecule has 0 atom stereocenters. The summed E-state index contributed by atoms with van der Waals surface area (Å²) in [6.07, 6.45) is 0. The molecule has 0 unspecified atom stereocenters. The molecule has 0 amide bonds. The molecule has 7 nitrogen and oxygen atoms in total. The van der Waals surface area contributed by atoms with Gasteiger partial charge in [0.05, 0.1) is 6.54 Å². The van der Waals surface area contributed by atoms with Crippen molar-refractivity contribution in [3.63, 3.8) is 0 Å². The molecule has 0 aliphatic carbocycles. The van der Waals surface area contributed by atoms with Crippen LogP contribution >= 0.6 is 23.2 Å². The maximum atomic E-state index is 14.2. The summed E-state index contributed by atoms with van der Waals surface area (Å²) in [5.74, 6) is -0.185. The SMILES string of the molecule is Cn1c(=O)c2c(c(NCc3c(F)cccc3Cl)nn2Cc2ccc(Cl)cc2)n(C)c1=O. The van der Waals surface area contributed by atoms with E-state index in [1.54, 1.807) is 25.2 Å². The van der Waals surface area contributed by atoms with Gasteiger partial charge in [-0.1, -0.05) is 41.4 Å². The van der Waals surface area contributed by atoms with Crippen LogP contribution in [0.25, 0.3) is 11.0 Å². The molecule has 31 heavy (non-hydrogen) atoms. The topological polar surface area (TPSA) is 73.8 Å². The van der Waals surface area contributed by atoms with E-state index in [-0.39, 0.29) is 35.0 Å². The molecule has 0 fully saturated rings. The standard InChI is InChI=1S/C21H18Cl2FN5O2/c1-27-17-18(20(30)28(2)21(27)31)29(11-12-6-8-13(22)9-7-12)26-19(17)25-10-14-15(23)4-3-5-16(14)24/h3-9H,10-11H2,1-2H3,(H,25,26). The van der Waals surface area contributed by atoms with Crippen LogP contribution in [0.3, 0.4) is 0 Å². The van der Waals surface area contributed by atoms with Crippen molar-refractivity contribution in [2.75, 3.05) is 5.32 Å². The Morgan fingerprint density at radius 3 is 2.39 bits per heavy atom. The van der Waals surface area contributed by atoms with Gasteiger partial charge in [-0.05, 0) is 29.8 Å². The van der Waals surface area contributed by atoms with Gasteiger partial charge < -0.3 is 5.32 Å². The Kier molecular flexibility index (Phi) is 5.60. The summed E-state index contributed by atoms with van der Waals surface area (Å²) in [4.78, 5) is 25.4. The molecule has 10 heteroatoms. The van der Waals surface area contributed by atoms with E-state index in [1.807, 2.05) is 12.1 Å². The lowest BCUT2D eigenvalue weighted by molar-refractivity contribution is 0.612. The van der Waals surface area contributed by atoms with E-state index >= 15 is 0 Å². The molecular weight excluding hydrogens is 444 g/mol. The average Bonchev–Trinajstić information content (AvgIpc) is 3.10. The van der Waals surface area contributed by atoms with Gasteiger partial charge in [0.15, 0.2) is 11.3 Å². The monoisotopic (exact) mass is 461 g/mol. The Balaban J connectivity index is 1.84. The van der Waals surface area contributed by atoms with Crippen molar-refractivity contribution >= 4 is 40.1 Å². The Morgan fingerprint density at radius 1 is 1.00 bits per heavy atom. The van der Waals surface area contributed by atoms with Crippen LogP contribution in [0, 0.1) is 5.82 Å². The van der Waals surface area contributed by atoms with Crippen LogP contribution in [0.2, 0.25) is 10.0 Å². The van der Waals surface area contributed by atoms with Crippen molar-refractivity contribution in [2.24, 2.45) is 14.1 Å². The molecular formula is C21H18Cl2FN5O2. The highest BCUT2D eigenvalue weighted by atomic mass is 35.5. The lowest BCUT2D eigenvalue weighted by Gasteiger charge is -2.09. The third kappa shape index (κ3) is 3.84. The van der Waals surface area contributed by atoms with Gasteiger partial charge in [-0.25, -0.2) is 9.18 Å². The zero-order valence-corrected chi connectivity index (χ0v) is 18.2. The Bertz CT molecular complexity index is 1390. The van der Waals surface area contributed by atoms with E-state index in [0.29, 0.717) is 10.5 Å². The van der Waals surface area contributed by atoms with E-state index in [9.17, 15) is 14.0 Å². The summed E-state index contributed by atoms with van der Waals surface area (Å²) in [6, 6.07) is 11.6. The number of halogens is 3. The molecule has 0 radical (unpaired) electrons. The number of hydrogen-bond donors (Lipinski definition) is 1. The van der Waals surface area contributed by atoms with Crippen molar-refractivity contribution in [1.82, 2.24) is 18.9 Å². The zero-order valence-electron chi connectivity index (χ0n) is 16.7. The van der Waals surface area contributed by atoms with Crippen molar-refractivity contribution < 1.29 is 4.39 Å². The van der Waals surface area contributed by atoms with Gasteiger partial charge in [0.1, 0.15) is 11.3 Å². The first-order valence-corrected chi connectivity index (χ1v) is 10.1. The largest absolute Gasteiger partial charge is 0.363 e. The van der Waals surface area contributed by atoms with Crippen LogP contribution < -0.4 is 16.6 Å². The second-order valence-electron chi connectivity index (χ2n) is 7.09. The summed E-state index contributed by atoms with van der Waals surface area (Å²) < 4.78 is 18.1. The Labute approximate surface area is 186 Å². The van der Waals surface area contributed by atoms with Gasteiger partial charge in [-0.2, -0.15) is 5.10 Å². The van der Waals surface area contributed by atoms with E-state index in [1.165, 1.54) is 28.4 Å². The fourth-order valence-corrected chi connectivity index (χ4v) is 3.77. The van der Waals surface area contributed by atoms with Crippen LogP contribution in [0.5, 0.6) is 0 Å². The molecule has 0 saturated heterocycles. The summed E-state index contributed by atoms with van der Waals surface area (Å²) in [5.41, 5.74) is 0.745. The predicted molar refractivity (Wildman–Crippen MR) is 120 cm³/mol. The van der Waals surface area contributed by atoms with E-state index < -0.39 is 17.1 Å². The molecule has 2 aromatic heterocycles. The van der Waals surface area contributed by atoms with Crippen molar-refractivity contribution in [3.8, 4) is 0 Å². The van der Waals surface area contributed by atoms with E-state index in [4.69, 9.17) is 23.2 Å². The average molecular weight is 462 g/mol. The molecule has 0 saturated carbocycles. The fraction of sp³-hybridized carbons (Fsp3) is 0.190. The number of aryl methyl sites for hydroxylation is 1. The molecule has 4 rings (SSSR count). The number of anilines is 1. The molecule has 0 bridgehead atoms.